The summed E-state index contributed by atoms with van der Waals surface area (Å²) in [5.41, 5.74) is 1.63. The van der Waals surface area contributed by atoms with E-state index in [0.717, 1.165) is 17.7 Å². The molecule has 4 heteroatoms. The molecule has 1 atom stereocenters. The molecule has 1 aromatic heterocycles. The molecule has 18 heavy (non-hydrogen) atoms. The highest BCUT2D eigenvalue weighted by atomic mass is 16.5. The van der Waals surface area contributed by atoms with Gasteiger partial charge in [0.2, 0.25) is 0 Å². The van der Waals surface area contributed by atoms with Crippen molar-refractivity contribution in [1.29, 1.82) is 0 Å². The number of carbonyl (C=O) groups excluding carboxylic acids is 1. The van der Waals surface area contributed by atoms with Gasteiger partial charge in [-0.05, 0) is 18.6 Å². The van der Waals surface area contributed by atoms with Gasteiger partial charge in [-0.3, -0.25) is 9.48 Å². The van der Waals surface area contributed by atoms with E-state index in [-0.39, 0.29) is 11.7 Å². The van der Waals surface area contributed by atoms with Gasteiger partial charge in [0.05, 0.1) is 12.5 Å². The lowest BCUT2D eigenvalue weighted by atomic mass is 9.88. The van der Waals surface area contributed by atoms with Gasteiger partial charge >= 0.3 is 0 Å². The molecule has 2 aromatic rings. The summed E-state index contributed by atoms with van der Waals surface area (Å²) >= 11 is 0. The predicted molar refractivity (Wildman–Crippen MR) is 66.8 cm³/mol. The van der Waals surface area contributed by atoms with Crippen molar-refractivity contribution in [1.82, 2.24) is 9.78 Å². The molecule has 1 aliphatic rings. The maximum absolute atomic E-state index is 12.5. The number of hydrogen-bond acceptors (Lipinski definition) is 3. The fourth-order valence-corrected chi connectivity index (χ4v) is 2.41. The Balaban J connectivity index is 2.00. The summed E-state index contributed by atoms with van der Waals surface area (Å²) < 4.78 is 7.20. The Kier molecular flexibility index (Phi) is 2.63. The zero-order valence-corrected chi connectivity index (χ0v) is 10.2. The van der Waals surface area contributed by atoms with E-state index in [1.54, 1.807) is 24.0 Å². The summed E-state index contributed by atoms with van der Waals surface area (Å²) in [7, 11) is 1.79. The lowest BCUT2D eigenvalue weighted by Crippen LogP contribution is -2.23. The molecule has 1 aliphatic heterocycles. The van der Waals surface area contributed by atoms with Crippen LogP contribution in [0.5, 0.6) is 5.75 Å². The maximum atomic E-state index is 12.5. The minimum Gasteiger partial charge on any atom is -0.493 e. The van der Waals surface area contributed by atoms with Gasteiger partial charge in [-0.25, -0.2) is 0 Å². The van der Waals surface area contributed by atoms with Crippen LogP contribution in [0, 0.1) is 0 Å². The van der Waals surface area contributed by atoms with E-state index in [0.29, 0.717) is 12.3 Å². The highest BCUT2D eigenvalue weighted by Gasteiger charge is 2.29. The fourth-order valence-electron chi connectivity index (χ4n) is 2.41. The molecule has 2 heterocycles. The van der Waals surface area contributed by atoms with E-state index < -0.39 is 0 Å². The van der Waals surface area contributed by atoms with Crippen LogP contribution in [-0.4, -0.2) is 22.2 Å². The number of fused-ring (bicyclic) bond motifs is 1. The number of ether oxygens (including phenoxy) is 1. The smallest absolute Gasteiger partial charge is 0.188 e. The van der Waals surface area contributed by atoms with Crippen molar-refractivity contribution in [3.05, 3.63) is 47.8 Å². The highest BCUT2D eigenvalue weighted by molar-refractivity contribution is 6.00. The third-order valence-corrected chi connectivity index (χ3v) is 3.35. The SMILES string of the molecule is Cn1nccc1C(=O)C1CCOc2ccccc21. The summed E-state index contributed by atoms with van der Waals surface area (Å²) in [6.07, 6.45) is 2.37. The third-order valence-electron chi connectivity index (χ3n) is 3.35. The number of rotatable bonds is 2. The molecule has 0 saturated carbocycles. The van der Waals surface area contributed by atoms with Crippen molar-refractivity contribution in [2.24, 2.45) is 7.05 Å². The Morgan fingerprint density at radius 1 is 1.39 bits per heavy atom. The molecule has 1 unspecified atom stereocenters. The number of Topliss-reactive ketones (excluding diaryl/α,β-unsaturated/α-hetero) is 1. The lowest BCUT2D eigenvalue weighted by molar-refractivity contribution is 0.0923. The summed E-state index contributed by atoms with van der Waals surface area (Å²) in [6.45, 7) is 0.589. The van der Waals surface area contributed by atoms with E-state index >= 15 is 0 Å². The number of benzene rings is 1. The molecule has 0 amide bonds. The molecule has 0 radical (unpaired) electrons. The number of ketones is 1. The van der Waals surface area contributed by atoms with Gasteiger partial charge in [-0.2, -0.15) is 5.10 Å². The average Bonchev–Trinajstić information content (AvgIpc) is 2.83. The third kappa shape index (κ3) is 1.70. The van der Waals surface area contributed by atoms with Crippen molar-refractivity contribution >= 4 is 5.78 Å². The second-order valence-corrected chi connectivity index (χ2v) is 4.43. The van der Waals surface area contributed by atoms with Crippen LogP contribution in [0.2, 0.25) is 0 Å². The second-order valence-electron chi connectivity index (χ2n) is 4.43. The first-order valence-corrected chi connectivity index (χ1v) is 6.01. The summed E-state index contributed by atoms with van der Waals surface area (Å²) in [6, 6.07) is 9.51. The minimum absolute atomic E-state index is 0.116. The molecule has 0 bridgehead atoms. The predicted octanol–water partition coefficient (Wildman–Crippen LogP) is 2.17. The Morgan fingerprint density at radius 2 is 2.22 bits per heavy atom. The van der Waals surface area contributed by atoms with E-state index in [4.69, 9.17) is 4.74 Å². The van der Waals surface area contributed by atoms with Gasteiger partial charge in [-0.1, -0.05) is 18.2 Å². The number of aromatic nitrogens is 2. The van der Waals surface area contributed by atoms with Gasteiger partial charge in [0.1, 0.15) is 11.4 Å². The molecule has 0 fully saturated rings. The number of para-hydroxylation sites is 1. The minimum atomic E-state index is -0.120. The first-order valence-electron chi connectivity index (χ1n) is 6.01. The van der Waals surface area contributed by atoms with Gasteiger partial charge < -0.3 is 4.74 Å². The fraction of sp³-hybridized carbons (Fsp3) is 0.286. The van der Waals surface area contributed by atoms with Crippen LogP contribution in [0.3, 0.4) is 0 Å². The molecule has 0 spiro atoms. The zero-order valence-electron chi connectivity index (χ0n) is 10.2. The van der Waals surface area contributed by atoms with Crippen LogP contribution < -0.4 is 4.74 Å². The average molecular weight is 242 g/mol. The summed E-state index contributed by atoms with van der Waals surface area (Å²) in [5, 5.41) is 4.05. The first-order chi connectivity index (χ1) is 8.77. The quantitative estimate of drug-likeness (QED) is 0.758. The molecular formula is C14H14N2O2. The number of hydrogen-bond donors (Lipinski definition) is 0. The Labute approximate surface area is 105 Å². The van der Waals surface area contributed by atoms with Crippen LogP contribution in [0.4, 0.5) is 0 Å². The van der Waals surface area contributed by atoms with E-state index in [2.05, 4.69) is 5.10 Å². The van der Waals surface area contributed by atoms with Crippen LogP contribution in [0.25, 0.3) is 0 Å². The molecule has 1 aromatic carbocycles. The Bertz CT molecular complexity index is 589. The topological polar surface area (TPSA) is 44.1 Å². The molecule has 92 valence electrons. The van der Waals surface area contributed by atoms with Crippen molar-refractivity contribution in [2.45, 2.75) is 12.3 Å². The Morgan fingerprint density at radius 3 is 3.00 bits per heavy atom. The van der Waals surface area contributed by atoms with Crippen molar-refractivity contribution in [3.8, 4) is 5.75 Å². The highest BCUT2D eigenvalue weighted by Crippen LogP contribution is 2.35. The summed E-state index contributed by atoms with van der Waals surface area (Å²) in [5.74, 6) is 0.820. The first kappa shape index (κ1) is 11.0. The van der Waals surface area contributed by atoms with Crippen molar-refractivity contribution < 1.29 is 9.53 Å². The molecule has 3 rings (SSSR count). The van der Waals surface area contributed by atoms with Gasteiger partial charge in [0, 0.05) is 18.8 Å². The number of aryl methyl sites for hydroxylation is 1. The van der Waals surface area contributed by atoms with Crippen LogP contribution >= 0.6 is 0 Å². The van der Waals surface area contributed by atoms with Crippen LogP contribution in [0.1, 0.15) is 28.4 Å². The van der Waals surface area contributed by atoms with E-state index in [1.165, 1.54) is 0 Å². The largest absolute Gasteiger partial charge is 0.493 e. The van der Waals surface area contributed by atoms with Crippen LogP contribution in [-0.2, 0) is 7.05 Å². The lowest BCUT2D eigenvalue weighted by Gasteiger charge is -2.24. The molecule has 0 saturated heterocycles. The number of nitrogens with zero attached hydrogens (tertiary/aromatic N) is 2. The second kappa shape index (κ2) is 4.29. The van der Waals surface area contributed by atoms with Crippen LogP contribution in [0.15, 0.2) is 36.5 Å². The monoisotopic (exact) mass is 242 g/mol. The molecule has 4 nitrogen and oxygen atoms in total. The zero-order chi connectivity index (χ0) is 12.5. The molecule has 0 aliphatic carbocycles. The van der Waals surface area contributed by atoms with E-state index in [9.17, 15) is 4.79 Å². The Hall–Kier alpha value is -2.10. The van der Waals surface area contributed by atoms with Crippen molar-refractivity contribution in [3.63, 3.8) is 0 Å². The molecule has 0 N–H and O–H groups in total. The molecular weight excluding hydrogens is 228 g/mol. The summed E-state index contributed by atoms with van der Waals surface area (Å²) in [4.78, 5) is 12.5. The van der Waals surface area contributed by atoms with Gasteiger partial charge in [-0.15, -0.1) is 0 Å². The van der Waals surface area contributed by atoms with E-state index in [1.807, 2.05) is 24.3 Å². The maximum Gasteiger partial charge on any atom is 0.188 e. The normalized spacial score (nSPS) is 17.9. The number of carbonyl (C=O) groups is 1. The van der Waals surface area contributed by atoms with Gasteiger partial charge in [0.15, 0.2) is 5.78 Å². The van der Waals surface area contributed by atoms with Gasteiger partial charge in [0.25, 0.3) is 0 Å². The standard InChI is InChI=1S/C14H14N2O2/c1-16-12(6-8-15-16)14(17)11-7-9-18-13-5-3-2-4-10(11)13/h2-6,8,11H,7,9H2,1H3. The van der Waals surface area contributed by atoms with Crippen molar-refractivity contribution in [2.75, 3.05) is 6.61 Å².